The molecule has 82 valence electrons. The highest BCUT2D eigenvalue weighted by Gasteiger charge is 2.42. The van der Waals surface area contributed by atoms with Gasteiger partial charge in [-0.3, -0.25) is 4.79 Å². The van der Waals surface area contributed by atoms with Gasteiger partial charge in [-0.05, 0) is 13.3 Å². The fraction of sp³-hybridized carbons (Fsp3) is 0.778. The van der Waals surface area contributed by atoms with E-state index in [1.54, 1.807) is 0 Å². The normalized spacial score (nSPS) is 17.1. The molecule has 5 N–H and O–H groups in total. The third-order valence-electron chi connectivity index (χ3n) is 2.16. The number of aliphatic carboxylic acids is 1. The van der Waals surface area contributed by atoms with E-state index in [9.17, 15) is 9.59 Å². The fourth-order valence-electron chi connectivity index (χ4n) is 1.20. The van der Waals surface area contributed by atoms with Crippen molar-refractivity contribution in [3.05, 3.63) is 0 Å². The third-order valence-corrected chi connectivity index (χ3v) is 2.16. The quantitative estimate of drug-likeness (QED) is 0.520. The lowest BCUT2D eigenvalue weighted by atomic mass is 9.86. The summed E-state index contributed by atoms with van der Waals surface area (Å²) < 4.78 is 0. The van der Waals surface area contributed by atoms with Crippen molar-refractivity contribution >= 4 is 11.8 Å². The second-order valence-corrected chi connectivity index (χ2v) is 3.53. The van der Waals surface area contributed by atoms with E-state index >= 15 is 0 Å². The second kappa shape index (κ2) is 5.07. The van der Waals surface area contributed by atoms with E-state index in [-0.39, 0.29) is 6.42 Å². The molecule has 0 aromatic heterocycles. The van der Waals surface area contributed by atoms with Gasteiger partial charge in [0.05, 0.1) is 6.04 Å². The average molecular weight is 202 g/mol. The number of ketones is 1. The summed E-state index contributed by atoms with van der Waals surface area (Å²) in [5.74, 6) is -1.91. The van der Waals surface area contributed by atoms with Gasteiger partial charge in [0.25, 0.3) is 0 Å². The maximum absolute atomic E-state index is 11.5. The Morgan fingerprint density at radius 3 is 2.29 bits per heavy atom. The number of Topliss-reactive ketones (excluding diaryl/α,β-unsaturated/α-hetero) is 1. The summed E-state index contributed by atoms with van der Waals surface area (Å²) in [5.41, 5.74) is 9.07. The highest BCUT2D eigenvalue weighted by Crippen LogP contribution is 2.14. The standard InChI is InChI=1S/C9H18N2O3/c1-3-4-5-9(11,8(13)14)7(12)6(2)10/h6H,3-5,10-11H2,1-2H3,(H,13,14). The molecule has 14 heavy (non-hydrogen) atoms. The SMILES string of the molecule is CCCCC(N)(C(=O)O)C(=O)C(C)N. The topological polar surface area (TPSA) is 106 Å². The predicted octanol–water partition coefficient (Wildman–Crippen LogP) is -0.125. The van der Waals surface area contributed by atoms with E-state index in [4.69, 9.17) is 16.6 Å². The molecule has 0 saturated carbocycles. The molecule has 2 atom stereocenters. The fourth-order valence-corrected chi connectivity index (χ4v) is 1.20. The van der Waals surface area contributed by atoms with Gasteiger partial charge in [-0.15, -0.1) is 0 Å². The van der Waals surface area contributed by atoms with Crippen molar-refractivity contribution in [2.24, 2.45) is 11.5 Å². The van der Waals surface area contributed by atoms with Gasteiger partial charge in [0.1, 0.15) is 0 Å². The van der Waals surface area contributed by atoms with E-state index in [0.29, 0.717) is 6.42 Å². The Bertz CT molecular complexity index is 228. The van der Waals surface area contributed by atoms with E-state index in [1.165, 1.54) is 6.92 Å². The summed E-state index contributed by atoms with van der Waals surface area (Å²) in [4.78, 5) is 22.4. The Morgan fingerprint density at radius 1 is 1.50 bits per heavy atom. The summed E-state index contributed by atoms with van der Waals surface area (Å²) in [6.07, 6.45) is 1.53. The van der Waals surface area contributed by atoms with Crippen molar-refractivity contribution in [1.29, 1.82) is 0 Å². The number of unbranched alkanes of at least 4 members (excludes halogenated alkanes) is 1. The van der Waals surface area contributed by atoms with Crippen molar-refractivity contribution in [2.75, 3.05) is 0 Å². The van der Waals surface area contributed by atoms with Crippen molar-refractivity contribution in [3.8, 4) is 0 Å². The molecule has 0 aliphatic heterocycles. The van der Waals surface area contributed by atoms with Crippen LogP contribution < -0.4 is 11.5 Å². The molecule has 0 aromatic carbocycles. The molecule has 0 saturated heterocycles. The van der Waals surface area contributed by atoms with Crippen LogP contribution in [0.4, 0.5) is 0 Å². The van der Waals surface area contributed by atoms with Crippen molar-refractivity contribution < 1.29 is 14.7 Å². The molecule has 0 bridgehead atoms. The zero-order valence-corrected chi connectivity index (χ0v) is 8.62. The number of carbonyl (C=O) groups excluding carboxylic acids is 1. The maximum Gasteiger partial charge on any atom is 0.331 e. The van der Waals surface area contributed by atoms with Crippen LogP contribution in [0.1, 0.15) is 33.1 Å². The van der Waals surface area contributed by atoms with Crippen LogP contribution in [0, 0.1) is 0 Å². The summed E-state index contributed by atoms with van der Waals surface area (Å²) in [6, 6.07) is -0.840. The predicted molar refractivity (Wildman–Crippen MR) is 52.7 cm³/mol. The van der Waals surface area contributed by atoms with Gasteiger partial charge in [0.2, 0.25) is 0 Å². The van der Waals surface area contributed by atoms with E-state index in [2.05, 4.69) is 0 Å². The Hall–Kier alpha value is -0.940. The second-order valence-electron chi connectivity index (χ2n) is 3.53. The Kier molecular flexibility index (Phi) is 4.73. The molecule has 0 aliphatic rings. The molecule has 0 spiro atoms. The Labute approximate surface area is 83.5 Å². The van der Waals surface area contributed by atoms with Crippen molar-refractivity contribution in [3.63, 3.8) is 0 Å². The van der Waals surface area contributed by atoms with Crippen LogP contribution >= 0.6 is 0 Å². The van der Waals surface area contributed by atoms with E-state index < -0.39 is 23.3 Å². The van der Waals surface area contributed by atoms with Gasteiger partial charge in [0, 0.05) is 0 Å². The van der Waals surface area contributed by atoms with Crippen LogP contribution in [0.25, 0.3) is 0 Å². The van der Waals surface area contributed by atoms with Crippen LogP contribution in [0.3, 0.4) is 0 Å². The molecule has 0 amide bonds. The first-order valence-corrected chi connectivity index (χ1v) is 4.68. The lowest BCUT2D eigenvalue weighted by Crippen LogP contribution is -2.59. The van der Waals surface area contributed by atoms with E-state index in [1.807, 2.05) is 6.92 Å². The zero-order chi connectivity index (χ0) is 11.4. The number of carbonyl (C=O) groups is 2. The Balaban J connectivity index is 4.71. The van der Waals surface area contributed by atoms with Gasteiger partial charge in [-0.1, -0.05) is 19.8 Å². The molecular weight excluding hydrogens is 184 g/mol. The minimum Gasteiger partial charge on any atom is -0.480 e. The molecule has 2 unspecified atom stereocenters. The Morgan fingerprint density at radius 2 is 2.00 bits per heavy atom. The lowest BCUT2D eigenvalue weighted by molar-refractivity contribution is -0.149. The minimum atomic E-state index is -1.82. The van der Waals surface area contributed by atoms with Gasteiger partial charge >= 0.3 is 5.97 Å². The van der Waals surface area contributed by atoms with Crippen molar-refractivity contribution in [2.45, 2.75) is 44.7 Å². The minimum absolute atomic E-state index is 0.138. The largest absolute Gasteiger partial charge is 0.480 e. The third kappa shape index (κ3) is 2.78. The number of rotatable bonds is 6. The van der Waals surface area contributed by atoms with Crippen molar-refractivity contribution in [1.82, 2.24) is 0 Å². The first-order chi connectivity index (χ1) is 6.36. The lowest BCUT2D eigenvalue weighted by Gasteiger charge is -2.24. The number of carboxylic acid groups (broad SMARTS) is 1. The summed E-state index contributed by atoms with van der Waals surface area (Å²) in [7, 11) is 0. The summed E-state index contributed by atoms with van der Waals surface area (Å²) in [6.45, 7) is 3.34. The van der Waals surface area contributed by atoms with Gasteiger partial charge in [-0.25, -0.2) is 4.79 Å². The molecule has 5 heteroatoms. The average Bonchev–Trinajstić information content (AvgIpc) is 2.12. The highest BCUT2D eigenvalue weighted by atomic mass is 16.4. The number of nitrogens with two attached hydrogens (primary N) is 2. The maximum atomic E-state index is 11.5. The monoisotopic (exact) mass is 202 g/mol. The number of carboxylic acids is 1. The van der Waals surface area contributed by atoms with Crippen LogP contribution in [-0.4, -0.2) is 28.4 Å². The first-order valence-electron chi connectivity index (χ1n) is 4.68. The summed E-state index contributed by atoms with van der Waals surface area (Å²) in [5, 5.41) is 8.88. The van der Waals surface area contributed by atoms with E-state index in [0.717, 1.165) is 6.42 Å². The van der Waals surface area contributed by atoms with Crippen LogP contribution in [0.15, 0.2) is 0 Å². The zero-order valence-electron chi connectivity index (χ0n) is 8.62. The molecule has 0 aliphatic carbocycles. The van der Waals surface area contributed by atoms with Gasteiger partial charge < -0.3 is 16.6 Å². The molecule has 0 aromatic rings. The molecule has 0 radical (unpaired) electrons. The smallest absolute Gasteiger partial charge is 0.331 e. The molecule has 0 heterocycles. The molecular formula is C9H18N2O3. The molecule has 0 fully saturated rings. The molecule has 0 rings (SSSR count). The van der Waals surface area contributed by atoms with Crippen LogP contribution in [-0.2, 0) is 9.59 Å². The van der Waals surface area contributed by atoms with Crippen LogP contribution in [0.5, 0.6) is 0 Å². The first kappa shape index (κ1) is 13.1. The van der Waals surface area contributed by atoms with Crippen LogP contribution in [0.2, 0.25) is 0 Å². The summed E-state index contributed by atoms with van der Waals surface area (Å²) >= 11 is 0. The number of hydrogen-bond donors (Lipinski definition) is 3. The van der Waals surface area contributed by atoms with Gasteiger partial charge in [0.15, 0.2) is 11.3 Å². The van der Waals surface area contributed by atoms with Gasteiger partial charge in [-0.2, -0.15) is 0 Å². The highest BCUT2D eigenvalue weighted by molar-refractivity contribution is 6.09. The number of hydrogen-bond acceptors (Lipinski definition) is 4. The molecule has 5 nitrogen and oxygen atoms in total.